The van der Waals surface area contributed by atoms with Gasteiger partial charge in [0.25, 0.3) is 0 Å². The van der Waals surface area contributed by atoms with Gasteiger partial charge in [-0.05, 0) is 44.0 Å². The number of hydrogen-bond acceptors (Lipinski definition) is 4. The topological polar surface area (TPSA) is 30.5 Å². The molecule has 1 aliphatic rings. The monoisotopic (exact) mass is 309 g/mol. The Morgan fingerprint density at radius 1 is 1.29 bits per heavy atom. The summed E-state index contributed by atoms with van der Waals surface area (Å²) in [5, 5.41) is 4.18. The van der Waals surface area contributed by atoms with Gasteiger partial charge in [-0.25, -0.2) is 0 Å². The molecule has 1 heterocycles. The molecule has 1 aromatic carbocycles. The molecule has 4 heteroatoms. The number of rotatable bonds is 8. The third kappa shape index (κ3) is 5.53. The van der Waals surface area contributed by atoms with Crippen molar-refractivity contribution in [2.75, 3.05) is 32.6 Å². The van der Waals surface area contributed by atoms with E-state index in [0.29, 0.717) is 6.04 Å². The molecule has 0 saturated carbocycles. The summed E-state index contributed by atoms with van der Waals surface area (Å²) in [5.74, 6) is 2.07. The molecule has 0 bridgehead atoms. The quantitative estimate of drug-likeness (QED) is 0.794. The molecule has 2 rings (SSSR count). The molecule has 0 aromatic heterocycles. The van der Waals surface area contributed by atoms with Gasteiger partial charge in [-0.3, -0.25) is 0 Å². The fourth-order valence-electron chi connectivity index (χ4n) is 2.44. The van der Waals surface area contributed by atoms with Crippen molar-refractivity contribution < 1.29 is 9.47 Å². The van der Waals surface area contributed by atoms with Crippen molar-refractivity contribution in [2.24, 2.45) is 0 Å². The smallest absolute Gasteiger partial charge is 0.119 e. The number of nitrogens with one attached hydrogen (secondary N) is 1. The molecule has 0 aliphatic carbocycles. The molecule has 1 N–H and O–H groups in total. The molecule has 0 spiro atoms. The van der Waals surface area contributed by atoms with Crippen LogP contribution in [0.15, 0.2) is 24.3 Å². The summed E-state index contributed by atoms with van der Waals surface area (Å²) in [6, 6.07) is 8.91. The average Bonchev–Trinajstić information content (AvgIpc) is 2.55. The Bertz CT molecular complexity index is 390. The first-order chi connectivity index (χ1) is 10.3. The number of thioether (sulfide) groups is 1. The standard InChI is InChI=1S/C17H27NO2S/c1-3-10-20-15-6-4-14(5-7-15)17(18-2)13-21-16-8-11-19-12-9-16/h4-7,16-18H,3,8-13H2,1-2H3. The summed E-state index contributed by atoms with van der Waals surface area (Å²) in [4.78, 5) is 0. The van der Waals surface area contributed by atoms with Gasteiger partial charge in [0.05, 0.1) is 6.61 Å². The molecule has 118 valence electrons. The van der Waals surface area contributed by atoms with E-state index in [4.69, 9.17) is 9.47 Å². The minimum absolute atomic E-state index is 0.401. The Morgan fingerprint density at radius 2 is 2.00 bits per heavy atom. The van der Waals surface area contributed by atoms with E-state index in [1.165, 1.54) is 18.4 Å². The summed E-state index contributed by atoms with van der Waals surface area (Å²) >= 11 is 2.07. The van der Waals surface area contributed by atoms with Gasteiger partial charge in [-0.1, -0.05) is 19.1 Å². The zero-order chi connectivity index (χ0) is 14.9. The van der Waals surface area contributed by atoms with Gasteiger partial charge in [0.15, 0.2) is 0 Å². The second-order valence-corrected chi connectivity index (χ2v) is 6.74. The van der Waals surface area contributed by atoms with Gasteiger partial charge in [-0.15, -0.1) is 0 Å². The van der Waals surface area contributed by atoms with Crippen molar-refractivity contribution in [3.63, 3.8) is 0 Å². The van der Waals surface area contributed by atoms with E-state index in [1.54, 1.807) is 0 Å². The van der Waals surface area contributed by atoms with Crippen LogP contribution in [0.1, 0.15) is 37.8 Å². The van der Waals surface area contributed by atoms with Gasteiger partial charge in [-0.2, -0.15) is 11.8 Å². The fraction of sp³-hybridized carbons (Fsp3) is 0.647. The van der Waals surface area contributed by atoms with Gasteiger partial charge in [0.2, 0.25) is 0 Å². The summed E-state index contributed by atoms with van der Waals surface area (Å²) in [6.45, 7) is 4.75. The van der Waals surface area contributed by atoms with E-state index < -0.39 is 0 Å². The lowest BCUT2D eigenvalue weighted by Gasteiger charge is -2.24. The third-order valence-corrected chi connectivity index (χ3v) is 5.24. The van der Waals surface area contributed by atoms with Crippen LogP contribution in [-0.4, -0.2) is 37.9 Å². The largest absolute Gasteiger partial charge is 0.494 e. The number of hydrogen-bond donors (Lipinski definition) is 1. The van der Waals surface area contributed by atoms with Gasteiger partial charge in [0.1, 0.15) is 5.75 Å². The predicted octanol–water partition coefficient (Wildman–Crippen LogP) is 3.65. The normalized spacial score (nSPS) is 17.6. The highest BCUT2D eigenvalue weighted by Gasteiger charge is 2.17. The van der Waals surface area contributed by atoms with Crippen molar-refractivity contribution in [1.82, 2.24) is 5.32 Å². The van der Waals surface area contributed by atoms with Crippen molar-refractivity contribution in [2.45, 2.75) is 37.5 Å². The van der Waals surface area contributed by atoms with Gasteiger partial charge in [0, 0.05) is 30.3 Å². The molecular weight excluding hydrogens is 282 g/mol. The molecule has 1 fully saturated rings. The second-order valence-electron chi connectivity index (χ2n) is 5.40. The Balaban J connectivity index is 1.84. The molecule has 1 unspecified atom stereocenters. The van der Waals surface area contributed by atoms with E-state index in [-0.39, 0.29) is 0 Å². The molecular formula is C17H27NO2S. The first-order valence-corrected chi connectivity index (χ1v) is 8.97. The predicted molar refractivity (Wildman–Crippen MR) is 90.3 cm³/mol. The minimum atomic E-state index is 0.401. The lowest BCUT2D eigenvalue weighted by atomic mass is 10.1. The zero-order valence-electron chi connectivity index (χ0n) is 13.1. The van der Waals surface area contributed by atoms with Crippen molar-refractivity contribution in [3.8, 4) is 5.75 Å². The van der Waals surface area contributed by atoms with Crippen LogP contribution in [0.25, 0.3) is 0 Å². The minimum Gasteiger partial charge on any atom is -0.494 e. The summed E-state index contributed by atoms with van der Waals surface area (Å²) < 4.78 is 11.1. The van der Waals surface area contributed by atoms with E-state index in [9.17, 15) is 0 Å². The Morgan fingerprint density at radius 3 is 2.62 bits per heavy atom. The van der Waals surface area contributed by atoms with Crippen molar-refractivity contribution in [1.29, 1.82) is 0 Å². The van der Waals surface area contributed by atoms with Crippen LogP contribution >= 0.6 is 11.8 Å². The van der Waals surface area contributed by atoms with Gasteiger partial charge < -0.3 is 14.8 Å². The van der Waals surface area contributed by atoms with Crippen LogP contribution in [0.3, 0.4) is 0 Å². The molecule has 0 radical (unpaired) electrons. The molecule has 1 aliphatic heterocycles. The number of benzene rings is 1. The van der Waals surface area contributed by atoms with E-state index in [0.717, 1.165) is 43.0 Å². The Kier molecular flexibility index (Phi) is 7.41. The van der Waals surface area contributed by atoms with Crippen molar-refractivity contribution in [3.05, 3.63) is 29.8 Å². The van der Waals surface area contributed by atoms with Crippen LogP contribution in [-0.2, 0) is 4.74 Å². The number of ether oxygens (including phenoxy) is 2. The molecule has 0 amide bonds. The highest BCUT2D eigenvalue weighted by molar-refractivity contribution is 7.99. The molecule has 21 heavy (non-hydrogen) atoms. The van der Waals surface area contributed by atoms with Crippen LogP contribution < -0.4 is 10.1 Å². The van der Waals surface area contributed by atoms with E-state index in [2.05, 4.69) is 48.3 Å². The highest BCUT2D eigenvalue weighted by atomic mass is 32.2. The lowest BCUT2D eigenvalue weighted by molar-refractivity contribution is 0.1000. The maximum atomic E-state index is 5.64. The fourth-order valence-corrected chi connectivity index (χ4v) is 3.79. The molecule has 1 saturated heterocycles. The van der Waals surface area contributed by atoms with Crippen LogP contribution in [0.2, 0.25) is 0 Å². The van der Waals surface area contributed by atoms with Crippen LogP contribution in [0.5, 0.6) is 5.75 Å². The summed E-state index contributed by atoms with van der Waals surface area (Å²) in [7, 11) is 2.04. The zero-order valence-corrected chi connectivity index (χ0v) is 14.0. The Labute approximate surface area is 132 Å². The average molecular weight is 309 g/mol. The molecule has 3 nitrogen and oxygen atoms in total. The SMILES string of the molecule is CCCOc1ccc(C(CSC2CCOCC2)NC)cc1. The van der Waals surface area contributed by atoms with E-state index >= 15 is 0 Å². The van der Waals surface area contributed by atoms with Crippen molar-refractivity contribution >= 4 is 11.8 Å². The van der Waals surface area contributed by atoms with E-state index in [1.807, 2.05) is 7.05 Å². The molecule has 1 aromatic rings. The second kappa shape index (κ2) is 9.34. The molecule has 1 atom stereocenters. The van der Waals surface area contributed by atoms with Gasteiger partial charge >= 0.3 is 0 Å². The Hall–Kier alpha value is -0.710. The lowest BCUT2D eigenvalue weighted by Crippen LogP contribution is -2.23. The first kappa shape index (κ1) is 16.7. The maximum Gasteiger partial charge on any atom is 0.119 e. The third-order valence-electron chi connectivity index (χ3n) is 3.77. The summed E-state index contributed by atoms with van der Waals surface area (Å²) in [6.07, 6.45) is 3.42. The maximum absolute atomic E-state index is 5.64. The highest BCUT2D eigenvalue weighted by Crippen LogP contribution is 2.27. The summed E-state index contributed by atoms with van der Waals surface area (Å²) in [5.41, 5.74) is 1.33. The van der Waals surface area contributed by atoms with Crippen LogP contribution in [0, 0.1) is 0 Å². The first-order valence-electron chi connectivity index (χ1n) is 7.93. The van der Waals surface area contributed by atoms with Crippen LogP contribution in [0.4, 0.5) is 0 Å².